The van der Waals surface area contributed by atoms with Gasteiger partial charge in [-0.05, 0) is 19.5 Å². The molecule has 0 radical (unpaired) electrons. The predicted molar refractivity (Wildman–Crippen MR) is 37.7 cm³/mol. The molecule has 0 aromatic rings. The van der Waals surface area contributed by atoms with Crippen LogP contribution in [-0.4, -0.2) is 37.1 Å². The molecule has 0 amide bonds. The van der Waals surface area contributed by atoms with Crippen molar-refractivity contribution in [3.8, 4) is 0 Å². The summed E-state index contributed by atoms with van der Waals surface area (Å²) in [5.74, 6) is -0.180. The van der Waals surface area contributed by atoms with Crippen LogP contribution in [0.1, 0.15) is 13.3 Å². The lowest BCUT2D eigenvalue weighted by Gasteiger charge is -2.29. The van der Waals surface area contributed by atoms with Gasteiger partial charge in [0, 0.05) is 13.5 Å². The summed E-state index contributed by atoms with van der Waals surface area (Å²) in [7, 11) is 0. The molecule has 1 aliphatic heterocycles. The molecule has 0 saturated carbocycles. The van der Waals surface area contributed by atoms with Gasteiger partial charge in [-0.1, -0.05) is 0 Å². The molecule has 0 atom stereocenters. The van der Waals surface area contributed by atoms with Crippen molar-refractivity contribution < 1.29 is 9.53 Å². The lowest BCUT2D eigenvalue weighted by Crippen LogP contribution is -2.39. The molecule has 3 heteroatoms. The largest absolute Gasteiger partial charge is 0.465 e. The molecule has 0 bridgehead atoms. The summed E-state index contributed by atoms with van der Waals surface area (Å²) in [6, 6.07) is 0. The number of hydrogen-bond donors (Lipinski definition) is 0. The topological polar surface area (TPSA) is 29.5 Å². The molecular formula is C7H13NO2. The number of likely N-dealkylation sites (tertiary alicyclic amines) is 1. The van der Waals surface area contributed by atoms with Crippen LogP contribution in [0.5, 0.6) is 0 Å². The number of carbonyl (C=O) groups excluding carboxylic acids is 1. The van der Waals surface area contributed by atoms with Crippen molar-refractivity contribution in [1.29, 1.82) is 0 Å². The first-order chi connectivity index (χ1) is 4.79. The van der Waals surface area contributed by atoms with Crippen LogP contribution in [0.2, 0.25) is 0 Å². The van der Waals surface area contributed by atoms with E-state index in [0.717, 1.165) is 6.54 Å². The quantitative estimate of drug-likeness (QED) is 0.530. The number of esters is 1. The molecule has 58 valence electrons. The first-order valence-electron chi connectivity index (χ1n) is 3.65. The van der Waals surface area contributed by atoms with E-state index in [4.69, 9.17) is 4.74 Å². The third kappa shape index (κ3) is 2.35. The van der Waals surface area contributed by atoms with E-state index in [1.54, 1.807) is 0 Å². The molecule has 0 N–H and O–H groups in total. The van der Waals surface area contributed by atoms with Gasteiger partial charge in [-0.25, -0.2) is 0 Å². The minimum absolute atomic E-state index is 0.180. The molecular weight excluding hydrogens is 130 g/mol. The van der Waals surface area contributed by atoms with Gasteiger partial charge in [0.25, 0.3) is 0 Å². The molecule has 1 saturated heterocycles. The van der Waals surface area contributed by atoms with Crippen LogP contribution >= 0.6 is 0 Å². The van der Waals surface area contributed by atoms with E-state index in [1.165, 1.54) is 26.4 Å². The minimum atomic E-state index is -0.180. The fourth-order valence-electron chi connectivity index (χ4n) is 0.924. The van der Waals surface area contributed by atoms with Gasteiger partial charge in [-0.3, -0.25) is 9.69 Å². The van der Waals surface area contributed by atoms with E-state index in [9.17, 15) is 4.79 Å². The smallest absolute Gasteiger partial charge is 0.302 e. The highest BCUT2D eigenvalue weighted by Gasteiger charge is 2.12. The molecule has 0 aromatic heterocycles. The minimum Gasteiger partial charge on any atom is -0.465 e. The zero-order chi connectivity index (χ0) is 7.40. The van der Waals surface area contributed by atoms with E-state index in [0.29, 0.717) is 6.61 Å². The standard InChI is InChI=1S/C7H13NO2/c1-7(9)10-6-5-8-3-2-4-8/h2-6H2,1H3. The first-order valence-corrected chi connectivity index (χ1v) is 3.65. The van der Waals surface area contributed by atoms with Gasteiger partial charge in [0.2, 0.25) is 0 Å². The lowest BCUT2D eigenvalue weighted by molar-refractivity contribution is -0.141. The van der Waals surface area contributed by atoms with E-state index < -0.39 is 0 Å². The molecule has 10 heavy (non-hydrogen) atoms. The molecule has 1 rings (SSSR count). The Kier molecular flexibility index (Phi) is 2.68. The van der Waals surface area contributed by atoms with Crippen LogP contribution in [0.4, 0.5) is 0 Å². The second-order valence-electron chi connectivity index (χ2n) is 2.54. The Morgan fingerprint density at radius 2 is 2.30 bits per heavy atom. The van der Waals surface area contributed by atoms with Crippen LogP contribution in [0, 0.1) is 0 Å². The Labute approximate surface area is 61.0 Å². The summed E-state index contributed by atoms with van der Waals surface area (Å²) in [6.45, 7) is 5.23. The highest BCUT2D eigenvalue weighted by molar-refractivity contribution is 5.65. The summed E-state index contributed by atoms with van der Waals surface area (Å²) >= 11 is 0. The molecule has 0 aromatic carbocycles. The number of ether oxygens (including phenoxy) is 1. The molecule has 3 nitrogen and oxygen atoms in total. The average molecular weight is 143 g/mol. The SMILES string of the molecule is CC(=O)OCCN1CCC1. The number of nitrogens with zero attached hydrogens (tertiary/aromatic N) is 1. The summed E-state index contributed by atoms with van der Waals surface area (Å²) in [5.41, 5.74) is 0. The van der Waals surface area contributed by atoms with E-state index in [1.807, 2.05) is 0 Å². The molecule has 1 fully saturated rings. The van der Waals surface area contributed by atoms with Crippen LogP contribution in [0.25, 0.3) is 0 Å². The monoisotopic (exact) mass is 143 g/mol. The van der Waals surface area contributed by atoms with Crippen LogP contribution in [0.15, 0.2) is 0 Å². The van der Waals surface area contributed by atoms with Gasteiger partial charge in [0.15, 0.2) is 0 Å². The van der Waals surface area contributed by atoms with Gasteiger partial charge in [-0.2, -0.15) is 0 Å². The molecule has 0 unspecified atom stereocenters. The summed E-state index contributed by atoms with van der Waals surface area (Å²) < 4.78 is 4.77. The molecule has 0 aliphatic carbocycles. The third-order valence-corrected chi connectivity index (χ3v) is 1.66. The fourth-order valence-corrected chi connectivity index (χ4v) is 0.924. The van der Waals surface area contributed by atoms with Crippen molar-refractivity contribution in [3.63, 3.8) is 0 Å². The number of hydrogen-bond acceptors (Lipinski definition) is 3. The molecule has 1 aliphatic rings. The maximum atomic E-state index is 10.3. The van der Waals surface area contributed by atoms with Crippen LogP contribution < -0.4 is 0 Å². The zero-order valence-corrected chi connectivity index (χ0v) is 6.30. The summed E-state index contributed by atoms with van der Waals surface area (Å²) in [5, 5.41) is 0. The summed E-state index contributed by atoms with van der Waals surface area (Å²) in [4.78, 5) is 12.6. The Morgan fingerprint density at radius 3 is 2.70 bits per heavy atom. The van der Waals surface area contributed by atoms with Gasteiger partial charge < -0.3 is 4.74 Å². The van der Waals surface area contributed by atoms with Gasteiger partial charge in [0.1, 0.15) is 6.61 Å². The fraction of sp³-hybridized carbons (Fsp3) is 0.857. The van der Waals surface area contributed by atoms with Crippen molar-refractivity contribution in [2.75, 3.05) is 26.2 Å². The van der Waals surface area contributed by atoms with Gasteiger partial charge in [-0.15, -0.1) is 0 Å². The Hall–Kier alpha value is -0.570. The second kappa shape index (κ2) is 3.56. The van der Waals surface area contributed by atoms with E-state index in [-0.39, 0.29) is 5.97 Å². The van der Waals surface area contributed by atoms with Gasteiger partial charge in [0.05, 0.1) is 0 Å². The lowest BCUT2D eigenvalue weighted by atomic mass is 10.2. The maximum Gasteiger partial charge on any atom is 0.302 e. The van der Waals surface area contributed by atoms with Crippen molar-refractivity contribution >= 4 is 5.97 Å². The van der Waals surface area contributed by atoms with E-state index in [2.05, 4.69) is 4.90 Å². The number of carbonyl (C=O) groups is 1. The van der Waals surface area contributed by atoms with E-state index >= 15 is 0 Å². The average Bonchev–Trinajstić information content (AvgIpc) is 1.75. The predicted octanol–water partition coefficient (Wildman–Crippen LogP) is 0.255. The van der Waals surface area contributed by atoms with Crippen molar-refractivity contribution in [2.24, 2.45) is 0 Å². The summed E-state index contributed by atoms with van der Waals surface area (Å²) in [6.07, 6.45) is 1.29. The third-order valence-electron chi connectivity index (χ3n) is 1.66. The zero-order valence-electron chi connectivity index (χ0n) is 6.30. The number of rotatable bonds is 3. The van der Waals surface area contributed by atoms with Crippen molar-refractivity contribution in [2.45, 2.75) is 13.3 Å². The second-order valence-corrected chi connectivity index (χ2v) is 2.54. The normalized spacial score (nSPS) is 18.1. The Balaban J connectivity index is 1.89. The highest BCUT2D eigenvalue weighted by Crippen LogP contribution is 2.03. The Morgan fingerprint density at radius 1 is 1.60 bits per heavy atom. The van der Waals surface area contributed by atoms with Gasteiger partial charge >= 0.3 is 5.97 Å². The maximum absolute atomic E-state index is 10.3. The molecule has 0 spiro atoms. The Bertz CT molecular complexity index is 121. The van der Waals surface area contributed by atoms with Crippen molar-refractivity contribution in [1.82, 2.24) is 4.90 Å². The highest BCUT2D eigenvalue weighted by atomic mass is 16.5. The van der Waals surface area contributed by atoms with Crippen LogP contribution in [0.3, 0.4) is 0 Å². The van der Waals surface area contributed by atoms with Crippen LogP contribution in [-0.2, 0) is 9.53 Å². The molecule has 1 heterocycles. The van der Waals surface area contributed by atoms with Crippen molar-refractivity contribution in [3.05, 3.63) is 0 Å². The first kappa shape index (κ1) is 7.54.